The van der Waals surface area contributed by atoms with Crippen LogP contribution in [0.5, 0.6) is 0 Å². The minimum absolute atomic E-state index is 0.171. The van der Waals surface area contributed by atoms with E-state index in [4.69, 9.17) is 4.74 Å². The molecule has 5 heterocycles. The van der Waals surface area contributed by atoms with Crippen LogP contribution in [0.3, 0.4) is 0 Å². The number of fused-ring (bicyclic) bond motifs is 1. The van der Waals surface area contributed by atoms with Crippen LogP contribution in [0.2, 0.25) is 0 Å². The number of carbonyl (C=O) groups is 2. The third-order valence-corrected chi connectivity index (χ3v) is 8.19. The first-order valence-electron chi connectivity index (χ1n) is 16.0. The van der Waals surface area contributed by atoms with Crippen LogP contribution in [0, 0.1) is 24.6 Å². The molecule has 45 heavy (non-hydrogen) atoms. The molecular weight excluding hydrogens is 577 g/mol. The predicted octanol–water partition coefficient (Wildman–Crippen LogP) is 3.62. The number of amides is 2. The molecule has 0 unspecified atom stereocenters. The van der Waals surface area contributed by atoms with Gasteiger partial charge < -0.3 is 34.9 Å². The van der Waals surface area contributed by atoms with Crippen LogP contribution < -0.4 is 20.9 Å². The lowest BCUT2D eigenvalue weighted by atomic mass is 10.0. The van der Waals surface area contributed by atoms with Crippen LogP contribution in [0.1, 0.15) is 62.6 Å². The van der Waals surface area contributed by atoms with Gasteiger partial charge in [0, 0.05) is 81.6 Å². The smallest absolute Gasteiger partial charge is 0.410 e. The average molecular weight is 622 g/mol. The monoisotopic (exact) mass is 621 g/mol. The van der Waals surface area contributed by atoms with Gasteiger partial charge in [0.2, 0.25) is 0 Å². The number of rotatable bonds is 9. The molecule has 0 bridgehead atoms. The second-order valence-electron chi connectivity index (χ2n) is 13.8. The number of aromatic nitrogens is 4. The molecular formula is C32H44FN9O3. The van der Waals surface area contributed by atoms with Gasteiger partial charge >= 0.3 is 6.09 Å². The van der Waals surface area contributed by atoms with E-state index in [1.165, 1.54) is 37.9 Å². The summed E-state index contributed by atoms with van der Waals surface area (Å²) in [5, 5.41) is 9.70. The largest absolute Gasteiger partial charge is 0.444 e. The molecule has 4 aliphatic rings. The quantitative estimate of drug-likeness (QED) is 0.328. The fourth-order valence-electron chi connectivity index (χ4n) is 5.35. The number of halogens is 1. The average Bonchev–Trinajstić information content (AvgIpc) is 3.86. The highest BCUT2D eigenvalue weighted by molar-refractivity contribution is 6.02. The first-order valence-corrected chi connectivity index (χ1v) is 16.0. The number of aryl methyl sites for hydroxylation is 1. The molecule has 3 N–H and O–H groups in total. The van der Waals surface area contributed by atoms with Crippen LogP contribution in [-0.4, -0.2) is 93.2 Å². The Hall–Kier alpha value is -3.84. The number of nitrogens with one attached hydrogen (secondary N) is 3. The molecule has 2 saturated carbocycles. The van der Waals surface area contributed by atoms with Crippen molar-refractivity contribution in [2.75, 3.05) is 49.5 Å². The van der Waals surface area contributed by atoms with Crippen molar-refractivity contribution in [1.82, 2.24) is 34.9 Å². The Kier molecular flexibility index (Phi) is 8.91. The van der Waals surface area contributed by atoms with Crippen LogP contribution in [0.15, 0.2) is 30.9 Å². The molecule has 3 aromatic heterocycles. The second kappa shape index (κ2) is 12.9. The molecule has 0 atom stereocenters. The summed E-state index contributed by atoms with van der Waals surface area (Å²) < 4.78 is 21.0. The summed E-state index contributed by atoms with van der Waals surface area (Å²) in [5.41, 5.74) is 1.06. The van der Waals surface area contributed by atoms with Gasteiger partial charge in [-0.25, -0.2) is 24.1 Å². The van der Waals surface area contributed by atoms with E-state index in [2.05, 4.69) is 35.8 Å². The van der Waals surface area contributed by atoms with Gasteiger partial charge in [-0.2, -0.15) is 0 Å². The molecule has 2 aliphatic heterocycles. The summed E-state index contributed by atoms with van der Waals surface area (Å²) in [6, 6.07) is 2.74. The Morgan fingerprint density at radius 1 is 0.956 bits per heavy atom. The highest BCUT2D eigenvalue weighted by atomic mass is 19.1. The first kappa shape index (κ1) is 31.2. The number of hydrogen-bond acceptors (Lipinski definition) is 9. The van der Waals surface area contributed by atoms with Crippen molar-refractivity contribution in [2.24, 2.45) is 11.8 Å². The fraction of sp³-hybridized carbons (Fsp3) is 0.594. The van der Waals surface area contributed by atoms with Crippen molar-refractivity contribution >= 4 is 29.2 Å². The third kappa shape index (κ3) is 8.46. The van der Waals surface area contributed by atoms with Gasteiger partial charge in [-0.3, -0.25) is 4.79 Å². The van der Waals surface area contributed by atoms with Crippen LogP contribution in [0.25, 0.3) is 5.65 Å². The maximum absolute atomic E-state index is 14.2. The van der Waals surface area contributed by atoms with Crippen molar-refractivity contribution in [3.8, 4) is 0 Å². The van der Waals surface area contributed by atoms with Crippen LogP contribution in [0.4, 0.5) is 20.7 Å². The predicted molar refractivity (Wildman–Crippen MR) is 169 cm³/mol. The van der Waals surface area contributed by atoms with Gasteiger partial charge in [0.05, 0.1) is 23.8 Å². The van der Waals surface area contributed by atoms with Crippen molar-refractivity contribution in [3.05, 3.63) is 48.1 Å². The van der Waals surface area contributed by atoms with E-state index in [1.54, 1.807) is 34.8 Å². The zero-order valence-corrected chi connectivity index (χ0v) is 26.6. The molecule has 4 fully saturated rings. The Balaban J connectivity index is 0.000000189. The fourth-order valence-corrected chi connectivity index (χ4v) is 5.35. The lowest BCUT2D eigenvalue weighted by Crippen LogP contribution is -2.54. The summed E-state index contributed by atoms with van der Waals surface area (Å²) in [5.74, 6) is 1.09. The first-order chi connectivity index (χ1) is 21.5. The molecule has 2 saturated heterocycles. The number of imidazole rings is 1. The number of ether oxygens (including phenoxy) is 1. The van der Waals surface area contributed by atoms with Gasteiger partial charge in [0.15, 0.2) is 11.5 Å². The zero-order valence-electron chi connectivity index (χ0n) is 26.6. The molecule has 2 amide bonds. The third-order valence-electron chi connectivity index (χ3n) is 8.19. The molecule has 242 valence electrons. The number of pyridine rings is 1. The minimum Gasteiger partial charge on any atom is -0.444 e. The van der Waals surface area contributed by atoms with Crippen LogP contribution in [-0.2, 0) is 4.74 Å². The zero-order chi connectivity index (χ0) is 31.7. The summed E-state index contributed by atoms with van der Waals surface area (Å²) in [7, 11) is 0. The van der Waals surface area contributed by atoms with E-state index >= 15 is 0 Å². The molecule has 12 nitrogen and oxygen atoms in total. The molecule has 3 aromatic rings. The lowest BCUT2D eigenvalue weighted by Gasteiger charge is -2.40. The molecule has 7 rings (SSSR count). The summed E-state index contributed by atoms with van der Waals surface area (Å²) in [6.45, 7) is 13.2. The number of likely N-dealkylation sites (tertiary alicyclic amines) is 1. The van der Waals surface area contributed by atoms with Gasteiger partial charge in [-0.05, 0) is 53.4 Å². The minimum atomic E-state index is -0.499. The lowest BCUT2D eigenvalue weighted by molar-refractivity contribution is -0.000794. The summed E-state index contributed by atoms with van der Waals surface area (Å²) in [6.07, 6.45) is 11.5. The van der Waals surface area contributed by atoms with Crippen molar-refractivity contribution < 1.29 is 18.7 Å². The second-order valence-corrected chi connectivity index (χ2v) is 13.8. The highest BCUT2D eigenvalue weighted by Gasteiger charge is 2.34. The number of carbonyl (C=O) groups excluding carboxylic acids is 2. The van der Waals surface area contributed by atoms with Gasteiger partial charge in [-0.15, -0.1) is 0 Å². The molecule has 13 heteroatoms. The van der Waals surface area contributed by atoms with E-state index in [-0.39, 0.29) is 23.0 Å². The molecule has 0 spiro atoms. The number of hydrogen-bond donors (Lipinski definition) is 3. The van der Waals surface area contributed by atoms with Crippen molar-refractivity contribution in [1.29, 1.82) is 0 Å². The topological polar surface area (TPSA) is 129 Å². The van der Waals surface area contributed by atoms with Gasteiger partial charge in [-0.1, -0.05) is 0 Å². The Bertz CT molecular complexity index is 1500. The van der Waals surface area contributed by atoms with E-state index in [1.807, 2.05) is 20.8 Å². The van der Waals surface area contributed by atoms with E-state index < -0.39 is 11.7 Å². The van der Waals surface area contributed by atoms with Crippen molar-refractivity contribution in [2.45, 2.75) is 71.1 Å². The maximum Gasteiger partial charge on any atom is 0.410 e. The number of nitrogens with zero attached hydrogens (tertiary/aromatic N) is 6. The van der Waals surface area contributed by atoms with Gasteiger partial charge in [0.25, 0.3) is 5.91 Å². The Morgan fingerprint density at radius 3 is 2.18 bits per heavy atom. The van der Waals surface area contributed by atoms with E-state index in [0.717, 1.165) is 57.2 Å². The molecule has 0 aromatic carbocycles. The molecule has 2 aliphatic carbocycles. The van der Waals surface area contributed by atoms with Gasteiger partial charge in [0.1, 0.15) is 17.1 Å². The summed E-state index contributed by atoms with van der Waals surface area (Å²) >= 11 is 0. The number of anilines is 2. The SMILES string of the molecule is CC(C)(C)OC(=O)N1CC(CNC2CC2)C1.Cc1cn2cc(NC(=O)c3cnc(N4CC(CNC5CC5)C4)cn3)cc(F)c2n1. The summed E-state index contributed by atoms with van der Waals surface area (Å²) in [4.78, 5) is 40.7. The maximum atomic E-state index is 14.2. The molecule has 0 radical (unpaired) electrons. The van der Waals surface area contributed by atoms with Crippen molar-refractivity contribution in [3.63, 3.8) is 0 Å². The Morgan fingerprint density at radius 2 is 1.60 bits per heavy atom. The van der Waals surface area contributed by atoms with Crippen LogP contribution >= 0.6 is 0 Å². The highest BCUT2D eigenvalue weighted by Crippen LogP contribution is 2.25. The van der Waals surface area contributed by atoms with E-state index in [9.17, 15) is 14.0 Å². The standard InChI is InChI=1S/C20H22FN7O.C12H22N2O2/c1-12-8-28-11-15(4-16(21)19(28)25-12)26-20(29)17-6-24-18(7-23-17)27-9-13(10-27)5-22-14-2-3-14;1-12(2,3)16-11(15)14-7-9(8-14)6-13-10-4-5-10/h4,6-8,11,13-14,22H,2-3,5,9-10H2,1H3,(H,26,29);9-10,13H,4-8H2,1-3H3. The van der Waals surface area contributed by atoms with E-state index in [0.29, 0.717) is 23.2 Å². The Labute approximate surface area is 263 Å². The normalized spacial score (nSPS) is 18.6.